The van der Waals surface area contributed by atoms with Crippen molar-refractivity contribution >= 4 is 50.3 Å². The summed E-state index contributed by atoms with van der Waals surface area (Å²) >= 11 is 1.54. The van der Waals surface area contributed by atoms with Gasteiger partial charge in [0.05, 0.1) is 15.8 Å². The summed E-state index contributed by atoms with van der Waals surface area (Å²) in [6.07, 6.45) is 1.90. The van der Waals surface area contributed by atoms with Gasteiger partial charge in [0.1, 0.15) is 11.1 Å². The molecule has 32 heavy (non-hydrogen) atoms. The highest BCUT2D eigenvalue weighted by molar-refractivity contribution is 7.19. The fraction of sp³-hybridized carbons (Fsp3) is 0. The van der Waals surface area contributed by atoms with Crippen molar-refractivity contribution in [1.82, 2.24) is 4.98 Å². The van der Waals surface area contributed by atoms with E-state index in [1.165, 1.54) is 0 Å². The summed E-state index contributed by atoms with van der Waals surface area (Å²) in [4.78, 5) is 6.84. The molecule has 0 saturated carbocycles. The van der Waals surface area contributed by atoms with Crippen LogP contribution in [0.15, 0.2) is 109 Å². The molecule has 5 aromatic rings. The summed E-state index contributed by atoms with van der Waals surface area (Å²) < 4.78 is 1.08. The van der Waals surface area contributed by atoms with E-state index in [9.17, 15) is 5.26 Å². The molecule has 0 fully saturated rings. The van der Waals surface area contributed by atoms with E-state index in [1.54, 1.807) is 11.3 Å². The second kappa shape index (κ2) is 8.89. The van der Waals surface area contributed by atoms with E-state index in [0.717, 1.165) is 37.8 Å². The molecule has 0 atom stereocenters. The number of hydrogen-bond acceptors (Lipinski definition) is 4. The molecule has 0 unspecified atom stereocenters. The summed E-state index contributed by atoms with van der Waals surface area (Å²) in [5.41, 5.74) is 5.69. The van der Waals surface area contributed by atoms with E-state index in [1.807, 2.05) is 78.9 Å². The number of thiazole rings is 1. The maximum atomic E-state index is 9.75. The van der Waals surface area contributed by atoms with E-state index < -0.39 is 0 Å². The van der Waals surface area contributed by atoms with Crippen molar-refractivity contribution < 1.29 is 0 Å². The van der Waals surface area contributed by atoms with Gasteiger partial charge in [0.25, 0.3) is 0 Å². The number of nitrogens with zero attached hydrogens (tertiary/aromatic N) is 3. The lowest BCUT2D eigenvalue weighted by atomic mass is 10.1. The number of fused-ring (bicyclic) bond motifs is 1. The normalized spacial score (nSPS) is 11.3. The maximum Gasteiger partial charge on any atom is 0.135 e. The molecule has 152 valence electrons. The Kier molecular flexibility index (Phi) is 5.48. The highest BCUT2D eigenvalue weighted by Crippen LogP contribution is 2.34. The molecular formula is C28H19N3S. The van der Waals surface area contributed by atoms with Gasteiger partial charge >= 0.3 is 0 Å². The van der Waals surface area contributed by atoms with E-state index in [-0.39, 0.29) is 0 Å². The second-order valence-electron chi connectivity index (χ2n) is 7.25. The molecule has 1 aromatic heterocycles. The van der Waals surface area contributed by atoms with Crippen LogP contribution in [0, 0.1) is 11.3 Å². The zero-order chi connectivity index (χ0) is 21.8. The molecule has 4 heteroatoms. The summed E-state index contributed by atoms with van der Waals surface area (Å²) in [5, 5.41) is 10.5. The van der Waals surface area contributed by atoms with Gasteiger partial charge in [0.15, 0.2) is 0 Å². The third-order valence-electron chi connectivity index (χ3n) is 5.14. The standard InChI is InChI=1S/C28H19N3S/c29-20-22(28-30-26-13-7-8-14-27(26)32-28)19-21-15-17-25(18-16-21)31(23-9-3-1-4-10-23)24-11-5-2-6-12-24/h1-19H/b22-19+. The molecular weight excluding hydrogens is 410 g/mol. The molecule has 0 saturated heterocycles. The minimum Gasteiger partial charge on any atom is -0.311 e. The molecule has 4 aromatic carbocycles. The van der Waals surface area contributed by atoms with Crippen molar-refractivity contribution in [3.05, 3.63) is 120 Å². The fourth-order valence-corrected chi connectivity index (χ4v) is 4.55. The van der Waals surface area contributed by atoms with Gasteiger partial charge in [-0.05, 0) is 60.2 Å². The summed E-state index contributed by atoms with van der Waals surface area (Å²) in [6.45, 7) is 0. The first-order chi connectivity index (χ1) is 15.8. The zero-order valence-electron chi connectivity index (χ0n) is 17.2. The van der Waals surface area contributed by atoms with Crippen LogP contribution in [0.5, 0.6) is 0 Å². The number of rotatable bonds is 5. The van der Waals surface area contributed by atoms with Gasteiger partial charge in [-0.3, -0.25) is 0 Å². The highest BCUT2D eigenvalue weighted by Gasteiger charge is 2.12. The van der Waals surface area contributed by atoms with Crippen molar-refractivity contribution in [3.63, 3.8) is 0 Å². The molecule has 0 N–H and O–H groups in total. The predicted octanol–water partition coefficient (Wildman–Crippen LogP) is 7.83. The lowest BCUT2D eigenvalue weighted by Gasteiger charge is -2.25. The van der Waals surface area contributed by atoms with Gasteiger partial charge in [0, 0.05) is 17.1 Å². The first-order valence-electron chi connectivity index (χ1n) is 10.3. The number of nitriles is 1. The third kappa shape index (κ3) is 4.02. The molecule has 3 nitrogen and oxygen atoms in total. The van der Waals surface area contributed by atoms with Gasteiger partial charge in [-0.15, -0.1) is 11.3 Å². The smallest absolute Gasteiger partial charge is 0.135 e. The van der Waals surface area contributed by atoms with Crippen LogP contribution in [0.25, 0.3) is 21.9 Å². The number of allylic oxidation sites excluding steroid dienone is 1. The van der Waals surface area contributed by atoms with Crippen LogP contribution in [0.1, 0.15) is 10.6 Å². The van der Waals surface area contributed by atoms with Crippen LogP contribution < -0.4 is 4.90 Å². The molecule has 0 aliphatic heterocycles. The van der Waals surface area contributed by atoms with Crippen LogP contribution >= 0.6 is 11.3 Å². The van der Waals surface area contributed by atoms with Crippen molar-refractivity contribution in [2.75, 3.05) is 4.90 Å². The van der Waals surface area contributed by atoms with Gasteiger partial charge < -0.3 is 4.90 Å². The van der Waals surface area contributed by atoms with Gasteiger partial charge in [-0.1, -0.05) is 60.7 Å². The van der Waals surface area contributed by atoms with Gasteiger partial charge in [-0.25, -0.2) is 4.98 Å². The van der Waals surface area contributed by atoms with Crippen molar-refractivity contribution in [1.29, 1.82) is 5.26 Å². The van der Waals surface area contributed by atoms with Crippen LogP contribution in [0.2, 0.25) is 0 Å². The molecule has 0 aliphatic rings. The van der Waals surface area contributed by atoms with Crippen LogP contribution in [-0.2, 0) is 0 Å². The molecule has 0 bridgehead atoms. The summed E-state index contributed by atoms with van der Waals surface area (Å²) in [6, 6.07) is 39.1. The van der Waals surface area contributed by atoms with Crippen molar-refractivity contribution in [3.8, 4) is 6.07 Å². The van der Waals surface area contributed by atoms with Crippen molar-refractivity contribution in [2.24, 2.45) is 0 Å². The Balaban J connectivity index is 1.50. The van der Waals surface area contributed by atoms with Crippen molar-refractivity contribution in [2.45, 2.75) is 0 Å². The summed E-state index contributed by atoms with van der Waals surface area (Å²) in [7, 11) is 0. The topological polar surface area (TPSA) is 39.9 Å². The van der Waals surface area contributed by atoms with E-state index in [2.05, 4.69) is 52.4 Å². The van der Waals surface area contributed by atoms with Crippen LogP contribution in [0.4, 0.5) is 17.1 Å². The summed E-state index contributed by atoms with van der Waals surface area (Å²) in [5.74, 6) is 0. The number of para-hydroxylation sites is 3. The highest BCUT2D eigenvalue weighted by atomic mass is 32.1. The second-order valence-corrected chi connectivity index (χ2v) is 8.29. The van der Waals surface area contributed by atoms with Crippen LogP contribution in [-0.4, -0.2) is 4.98 Å². The number of aromatic nitrogens is 1. The van der Waals surface area contributed by atoms with Crippen LogP contribution in [0.3, 0.4) is 0 Å². The Morgan fingerprint density at radius 1 is 0.719 bits per heavy atom. The predicted molar refractivity (Wildman–Crippen MR) is 134 cm³/mol. The quantitative estimate of drug-likeness (QED) is 0.267. The third-order valence-corrected chi connectivity index (χ3v) is 6.21. The number of anilines is 3. The van der Waals surface area contributed by atoms with Gasteiger partial charge in [-0.2, -0.15) is 5.26 Å². The first-order valence-corrected chi connectivity index (χ1v) is 11.1. The average molecular weight is 430 g/mol. The van der Waals surface area contributed by atoms with Gasteiger partial charge in [0.2, 0.25) is 0 Å². The molecule has 1 heterocycles. The molecule has 5 rings (SSSR count). The zero-order valence-corrected chi connectivity index (χ0v) is 18.0. The minimum absolute atomic E-state index is 0.571. The Morgan fingerprint density at radius 3 is 1.88 bits per heavy atom. The monoisotopic (exact) mass is 429 g/mol. The molecule has 0 aliphatic carbocycles. The average Bonchev–Trinajstić information content (AvgIpc) is 3.29. The lowest BCUT2D eigenvalue weighted by Crippen LogP contribution is -2.09. The lowest BCUT2D eigenvalue weighted by molar-refractivity contribution is 1.28. The Hall–Kier alpha value is -4.20. The molecule has 0 spiro atoms. The SMILES string of the molecule is N#C/C(=C\c1ccc(N(c2ccccc2)c2ccccc2)cc1)c1nc2ccccc2s1. The largest absolute Gasteiger partial charge is 0.311 e. The maximum absolute atomic E-state index is 9.75. The Morgan fingerprint density at radius 2 is 1.28 bits per heavy atom. The Bertz CT molecular complexity index is 1340. The first kappa shape index (κ1) is 19.7. The Labute approximate surface area is 191 Å². The molecule has 0 amide bonds. The van der Waals surface area contributed by atoms with E-state index >= 15 is 0 Å². The van der Waals surface area contributed by atoms with E-state index in [0.29, 0.717) is 5.57 Å². The number of benzene rings is 4. The number of hydrogen-bond donors (Lipinski definition) is 0. The minimum atomic E-state index is 0.571. The fourth-order valence-electron chi connectivity index (χ4n) is 3.62. The molecule has 0 radical (unpaired) electrons. The van der Waals surface area contributed by atoms with E-state index in [4.69, 9.17) is 0 Å².